The third-order valence-electron chi connectivity index (χ3n) is 8.72. The minimum atomic E-state index is 0.426. The molecule has 0 unspecified atom stereocenters. The highest BCUT2D eigenvalue weighted by molar-refractivity contribution is 6.00. The van der Waals surface area contributed by atoms with Gasteiger partial charge in [-0.15, -0.1) is 0 Å². The van der Waals surface area contributed by atoms with E-state index in [9.17, 15) is 0 Å². The van der Waals surface area contributed by atoms with Gasteiger partial charge < -0.3 is 10.6 Å². The van der Waals surface area contributed by atoms with Crippen molar-refractivity contribution in [2.75, 3.05) is 0 Å². The van der Waals surface area contributed by atoms with Crippen LogP contribution in [0.5, 0.6) is 0 Å². The zero-order valence-corrected chi connectivity index (χ0v) is 25.0. The molecule has 5 rings (SSSR count). The molecule has 0 fully saturated rings. The zero-order valence-electron chi connectivity index (χ0n) is 25.0. The van der Waals surface area contributed by atoms with Crippen molar-refractivity contribution in [2.45, 2.75) is 66.7 Å². The summed E-state index contributed by atoms with van der Waals surface area (Å²) in [6, 6.07) is 36.7. The van der Waals surface area contributed by atoms with E-state index in [0.29, 0.717) is 23.9 Å². The van der Waals surface area contributed by atoms with Crippen molar-refractivity contribution in [3.63, 3.8) is 0 Å². The van der Waals surface area contributed by atoms with Gasteiger partial charge >= 0.3 is 0 Å². The van der Waals surface area contributed by atoms with Crippen molar-refractivity contribution in [1.29, 1.82) is 0 Å². The van der Waals surface area contributed by atoms with Crippen LogP contribution in [0.3, 0.4) is 0 Å². The van der Waals surface area contributed by atoms with E-state index >= 15 is 0 Å². The largest absolute Gasteiger partial charge is 0.310 e. The Bertz CT molecular complexity index is 1470. The summed E-state index contributed by atoms with van der Waals surface area (Å²) in [5.74, 6) is 1.14. The Labute approximate surface area is 240 Å². The first-order valence-electron chi connectivity index (χ1n) is 14.9. The first-order valence-corrected chi connectivity index (χ1v) is 14.9. The smallest absolute Gasteiger partial charge is 0.0214 e. The molecule has 0 heterocycles. The minimum absolute atomic E-state index is 0.426. The fourth-order valence-corrected chi connectivity index (χ4v) is 5.42. The lowest BCUT2D eigenvalue weighted by molar-refractivity contribution is 0.425. The van der Waals surface area contributed by atoms with Gasteiger partial charge in [-0.05, 0) is 92.7 Å². The van der Waals surface area contributed by atoms with E-state index in [1.807, 2.05) is 0 Å². The predicted octanol–water partition coefficient (Wildman–Crippen LogP) is 9.60. The Morgan fingerprint density at radius 1 is 0.450 bits per heavy atom. The lowest BCUT2D eigenvalue weighted by atomic mass is 9.87. The molecule has 2 nitrogen and oxygen atoms in total. The molecule has 0 bridgehead atoms. The first kappa shape index (κ1) is 28.1. The van der Waals surface area contributed by atoms with Gasteiger partial charge in [0.15, 0.2) is 0 Å². The summed E-state index contributed by atoms with van der Waals surface area (Å²) in [4.78, 5) is 0. The molecule has 0 spiro atoms. The van der Waals surface area contributed by atoms with Crippen LogP contribution in [0.2, 0.25) is 0 Å². The van der Waals surface area contributed by atoms with Gasteiger partial charge in [0.2, 0.25) is 0 Å². The van der Waals surface area contributed by atoms with Crippen molar-refractivity contribution in [2.24, 2.45) is 11.8 Å². The second-order valence-electron chi connectivity index (χ2n) is 12.0. The van der Waals surface area contributed by atoms with E-state index in [2.05, 4.69) is 149 Å². The number of hydrogen-bond acceptors (Lipinski definition) is 2. The molecule has 0 aliphatic rings. The number of benzene rings is 5. The average Bonchev–Trinajstić information content (AvgIpc) is 2.97. The Hall–Kier alpha value is -3.46. The molecular weight excluding hydrogens is 484 g/mol. The van der Waals surface area contributed by atoms with Crippen LogP contribution in [-0.2, 0) is 13.1 Å². The highest BCUT2D eigenvalue weighted by Crippen LogP contribution is 2.38. The van der Waals surface area contributed by atoms with Gasteiger partial charge in [-0.2, -0.15) is 0 Å². The predicted molar refractivity (Wildman–Crippen MR) is 175 cm³/mol. The molecule has 0 aromatic heterocycles. The lowest BCUT2D eigenvalue weighted by Crippen LogP contribution is -2.31. The number of fused-ring (bicyclic) bond motifs is 2. The fraction of sp³-hybridized carbons (Fsp3) is 0.316. The maximum Gasteiger partial charge on any atom is 0.0214 e. The zero-order chi connectivity index (χ0) is 28.2. The summed E-state index contributed by atoms with van der Waals surface area (Å²) in [5.41, 5.74) is 7.92. The van der Waals surface area contributed by atoms with Gasteiger partial charge in [0, 0.05) is 25.2 Å². The van der Waals surface area contributed by atoms with Crippen molar-refractivity contribution in [3.05, 3.63) is 108 Å². The van der Waals surface area contributed by atoms with E-state index in [0.717, 1.165) is 13.1 Å². The molecule has 0 aliphatic heterocycles. The summed E-state index contributed by atoms with van der Waals surface area (Å²) in [7, 11) is 0. The van der Waals surface area contributed by atoms with E-state index in [4.69, 9.17) is 0 Å². The quantitative estimate of drug-likeness (QED) is 0.189. The topological polar surface area (TPSA) is 24.1 Å². The second-order valence-corrected chi connectivity index (χ2v) is 12.0. The molecule has 206 valence electrons. The molecule has 5 aromatic carbocycles. The normalized spacial score (nSPS) is 13.4. The maximum absolute atomic E-state index is 3.84. The monoisotopic (exact) mass is 528 g/mol. The summed E-state index contributed by atoms with van der Waals surface area (Å²) in [6.07, 6.45) is 0. The van der Waals surface area contributed by atoms with Crippen LogP contribution in [0.1, 0.15) is 52.7 Å². The molecule has 2 atom stereocenters. The molecule has 5 aromatic rings. The van der Waals surface area contributed by atoms with Gasteiger partial charge in [0.25, 0.3) is 0 Å². The molecule has 0 saturated carbocycles. The van der Waals surface area contributed by atoms with Crippen molar-refractivity contribution >= 4 is 21.5 Å². The average molecular weight is 529 g/mol. The molecule has 0 amide bonds. The minimum Gasteiger partial charge on any atom is -0.310 e. The van der Waals surface area contributed by atoms with Crippen molar-refractivity contribution < 1.29 is 0 Å². The Balaban J connectivity index is 1.74. The van der Waals surface area contributed by atoms with E-state index < -0.39 is 0 Å². The summed E-state index contributed by atoms with van der Waals surface area (Å²) < 4.78 is 0. The van der Waals surface area contributed by atoms with Crippen LogP contribution in [0.25, 0.3) is 43.8 Å². The molecule has 2 N–H and O–H groups in total. The van der Waals surface area contributed by atoms with Crippen LogP contribution in [0.15, 0.2) is 97.1 Å². The summed E-state index contributed by atoms with van der Waals surface area (Å²) in [6.45, 7) is 15.4. The summed E-state index contributed by atoms with van der Waals surface area (Å²) >= 11 is 0. The molecular formula is C38H44N2. The second kappa shape index (κ2) is 12.4. The first-order chi connectivity index (χ1) is 19.3. The van der Waals surface area contributed by atoms with Crippen LogP contribution in [-0.4, -0.2) is 12.1 Å². The Morgan fingerprint density at radius 3 is 1.23 bits per heavy atom. The van der Waals surface area contributed by atoms with E-state index in [1.54, 1.807) is 0 Å². The molecule has 2 heteroatoms. The number of hydrogen-bond donors (Lipinski definition) is 2. The molecule has 40 heavy (non-hydrogen) atoms. The Morgan fingerprint density at radius 2 is 0.825 bits per heavy atom. The standard InChI is InChI=1S/C38H44N2/c1-25(2)27(5)39-23-31-21-38(36-20-12-16-30-14-8-10-18-34(30)36)32(24-40-28(6)26(3)4)22-37(31)35-19-11-15-29-13-7-9-17-33(29)35/h7-22,25-28,39-40H,23-24H2,1-6H3/t27-,28-/m0/s1. The van der Waals surface area contributed by atoms with Gasteiger partial charge in [-0.3, -0.25) is 0 Å². The third-order valence-corrected chi connectivity index (χ3v) is 8.72. The number of nitrogens with one attached hydrogen (secondary N) is 2. The highest BCUT2D eigenvalue weighted by atomic mass is 14.9. The van der Waals surface area contributed by atoms with Gasteiger partial charge in [-0.25, -0.2) is 0 Å². The fourth-order valence-electron chi connectivity index (χ4n) is 5.42. The van der Waals surface area contributed by atoms with Crippen LogP contribution in [0.4, 0.5) is 0 Å². The van der Waals surface area contributed by atoms with Crippen LogP contribution >= 0.6 is 0 Å². The van der Waals surface area contributed by atoms with Gasteiger partial charge in [-0.1, -0.05) is 113 Å². The van der Waals surface area contributed by atoms with Crippen molar-refractivity contribution in [3.8, 4) is 22.3 Å². The van der Waals surface area contributed by atoms with Gasteiger partial charge in [0.05, 0.1) is 0 Å². The Kier molecular flexibility index (Phi) is 8.69. The SMILES string of the molecule is CC(C)[C@H](C)NCc1cc(-c2cccc3ccccc23)c(CN[C@@H](C)C(C)C)cc1-c1cccc2ccccc12. The van der Waals surface area contributed by atoms with Crippen molar-refractivity contribution in [1.82, 2.24) is 10.6 Å². The van der Waals surface area contributed by atoms with E-state index in [1.165, 1.54) is 54.9 Å². The number of rotatable bonds is 10. The van der Waals surface area contributed by atoms with Crippen LogP contribution < -0.4 is 10.6 Å². The van der Waals surface area contributed by atoms with Crippen LogP contribution in [0, 0.1) is 11.8 Å². The maximum atomic E-state index is 3.84. The molecule has 0 saturated heterocycles. The third kappa shape index (κ3) is 5.99. The summed E-state index contributed by atoms with van der Waals surface area (Å²) in [5, 5.41) is 12.8. The molecule has 0 radical (unpaired) electrons. The lowest BCUT2D eigenvalue weighted by Gasteiger charge is -2.24. The van der Waals surface area contributed by atoms with Gasteiger partial charge in [0.1, 0.15) is 0 Å². The highest BCUT2D eigenvalue weighted by Gasteiger charge is 2.18. The molecule has 0 aliphatic carbocycles. The van der Waals surface area contributed by atoms with E-state index in [-0.39, 0.29) is 0 Å².